The quantitative estimate of drug-likeness (QED) is 0.632. The Kier molecular flexibility index (Phi) is 3.57. The van der Waals surface area contributed by atoms with Crippen LogP contribution in [0.4, 0.5) is 4.79 Å². The number of amides is 2. The highest BCUT2D eigenvalue weighted by Crippen LogP contribution is 2.17. The van der Waals surface area contributed by atoms with Gasteiger partial charge in [-0.1, -0.05) is 0 Å². The Morgan fingerprint density at radius 2 is 2.00 bits per heavy atom. The fraction of sp³-hybridized carbons (Fsp3) is 0.818. The number of carbonyl (C=O) groups is 2. The third-order valence-corrected chi connectivity index (χ3v) is 2.20. The van der Waals surface area contributed by atoms with Crippen LogP contribution in [0.25, 0.3) is 0 Å². The molecule has 16 heavy (non-hydrogen) atoms. The Morgan fingerprint density at radius 1 is 1.44 bits per heavy atom. The lowest BCUT2D eigenvalue weighted by Gasteiger charge is -2.35. The number of rotatable bonds is 0. The summed E-state index contributed by atoms with van der Waals surface area (Å²) in [5.74, 6) is -0.340. The third kappa shape index (κ3) is 2.95. The highest BCUT2D eigenvalue weighted by molar-refractivity contribution is 5.95. The van der Waals surface area contributed by atoms with Gasteiger partial charge in [-0.15, -0.1) is 0 Å². The average molecular weight is 229 g/mol. The highest BCUT2D eigenvalue weighted by Gasteiger charge is 2.38. The Bertz CT molecular complexity index is 295. The molecule has 0 spiro atoms. The van der Waals surface area contributed by atoms with Crippen LogP contribution in [0, 0.1) is 0 Å². The molecule has 0 aromatic heterocycles. The van der Waals surface area contributed by atoms with E-state index in [0.717, 1.165) is 4.90 Å². The van der Waals surface area contributed by atoms with Crippen molar-refractivity contribution in [3.05, 3.63) is 0 Å². The molecule has 0 unspecified atom stereocenters. The number of nitrogens with zero attached hydrogens (tertiary/aromatic N) is 1. The van der Waals surface area contributed by atoms with Crippen molar-refractivity contribution in [3.8, 4) is 0 Å². The molecule has 1 heterocycles. The van der Waals surface area contributed by atoms with Crippen LogP contribution in [0.15, 0.2) is 0 Å². The molecule has 0 radical (unpaired) electrons. The summed E-state index contributed by atoms with van der Waals surface area (Å²) >= 11 is 0. The minimum absolute atomic E-state index is 0.279. The van der Waals surface area contributed by atoms with Crippen LogP contribution < -0.4 is 0 Å². The van der Waals surface area contributed by atoms with Crippen molar-refractivity contribution < 1.29 is 19.1 Å². The van der Waals surface area contributed by atoms with Gasteiger partial charge in [0.1, 0.15) is 11.7 Å². The van der Waals surface area contributed by atoms with E-state index in [-0.39, 0.29) is 11.9 Å². The number of ether oxygens (including phenoxy) is 2. The maximum Gasteiger partial charge on any atom is 0.417 e. The maximum atomic E-state index is 11.8. The standard InChI is InChI=1S/C11H19NO4/c1-7-6-15-8(2)9(13)12(7)10(14)16-11(3,4)5/h7-8H,6H2,1-5H3/t7-,8+/m1/s1. The van der Waals surface area contributed by atoms with E-state index >= 15 is 0 Å². The monoisotopic (exact) mass is 229 g/mol. The van der Waals surface area contributed by atoms with Crippen molar-refractivity contribution >= 4 is 12.0 Å². The first-order valence-electron chi connectivity index (χ1n) is 5.40. The van der Waals surface area contributed by atoms with Crippen molar-refractivity contribution in [1.29, 1.82) is 0 Å². The van der Waals surface area contributed by atoms with Crippen molar-refractivity contribution in [2.24, 2.45) is 0 Å². The molecule has 1 saturated heterocycles. The minimum Gasteiger partial charge on any atom is -0.443 e. The summed E-state index contributed by atoms with van der Waals surface area (Å²) < 4.78 is 10.4. The van der Waals surface area contributed by atoms with Crippen molar-refractivity contribution in [2.75, 3.05) is 6.61 Å². The second-order valence-corrected chi connectivity index (χ2v) is 5.01. The van der Waals surface area contributed by atoms with E-state index < -0.39 is 17.8 Å². The van der Waals surface area contributed by atoms with Gasteiger partial charge in [-0.3, -0.25) is 4.79 Å². The number of hydrogen-bond donors (Lipinski definition) is 0. The molecule has 0 saturated carbocycles. The van der Waals surface area contributed by atoms with Crippen molar-refractivity contribution in [1.82, 2.24) is 4.90 Å². The molecule has 0 N–H and O–H groups in total. The summed E-state index contributed by atoms with van der Waals surface area (Å²) in [6, 6.07) is -0.279. The van der Waals surface area contributed by atoms with E-state index in [1.165, 1.54) is 0 Å². The second kappa shape index (κ2) is 4.41. The predicted octanol–water partition coefficient (Wildman–Crippen LogP) is 1.56. The normalized spacial score (nSPS) is 26.8. The first-order chi connectivity index (χ1) is 7.22. The van der Waals surface area contributed by atoms with Crippen LogP contribution in [0.3, 0.4) is 0 Å². The Morgan fingerprint density at radius 3 is 2.50 bits per heavy atom. The van der Waals surface area contributed by atoms with Crippen molar-refractivity contribution in [3.63, 3.8) is 0 Å². The van der Waals surface area contributed by atoms with Gasteiger partial charge in [0.15, 0.2) is 0 Å². The summed E-state index contributed by atoms with van der Waals surface area (Å²) in [4.78, 5) is 24.7. The number of imide groups is 1. The van der Waals surface area contributed by atoms with Gasteiger partial charge in [-0.2, -0.15) is 0 Å². The smallest absolute Gasteiger partial charge is 0.417 e. The van der Waals surface area contributed by atoms with E-state index in [9.17, 15) is 9.59 Å². The molecule has 2 atom stereocenters. The highest BCUT2D eigenvalue weighted by atomic mass is 16.6. The molecular formula is C11H19NO4. The Balaban J connectivity index is 2.76. The molecule has 1 rings (SSSR count). The van der Waals surface area contributed by atoms with E-state index in [1.807, 2.05) is 0 Å². The molecule has 0 aromatic carbocycles. The zero-order valence-corrected chi connectivity index (χ0v) is 10.4. The Hall–Kier alpha value is -1.10. The van der Waals surface area contributed by atoms with Gasteiger partial charge in [-0.05, 0) is 34.6 Å². The van der Waals surface area contributed by atoms with Gasteiger partial charge < -0.3 is 9.47 Å². The van der Waals surface area contributed by atoms with Gasteiger partial charge in [-0.25, -0.2) is 9.69 Å². The number of hydrogen-bond acceptors (Lipinski definition) is 4. The van der Waals surface area contributed by atoms with Gasteiger partial charge in [0.25, 0.3) is 5.91 Å². The van der Waals surface area contributed by atoms with Crippen LogP contribution >= 0.6 is 0 Å². The average Bonchev–Trinajstić information content (AvgIpc) is 2.09. The zero-order chi connectivity index (χ0) is 12.5. The molecule has 2 amide bonds. The zero-order valence-electron chi connectivity index (χ0n) is 10.4. The van der Waals surface area contributed by atoms with Crippen LogP contribution in [0.1, 0.15) is 34.6 Å². The molecule has 5 heteroatoms. The first kappa shape index (κ1) is 13.0. The summed E-state index contributed by atoms with van der Waals surface area (Å²) in [6.07, 6.45) is -1.18. The fourth-order valence-electron chi connectivity index (χ4n) is 1.42. The number of morpholine rings is 1. The van der Waals surface area contributed by atoms with Gasteiger partial charge >= 0.3 is 6.09 Å². The summed E-state index contributed by atoms with van der Waals surface area (Å²) in [5, 5.41) is 0. The minimum atomic E-state index is -0.599. The molecule has 0 aromatic rings. The third-order valence-electron chi connectivity index (χ3n) is 2.20. The van der Waals surface area contributed by atoms with Crippen LogP contribution in [-0.2, 0) is 14.3 Å². The molecule has 92 valence electrons. The molecular weight excluding hydrogens is 210 g/mol. The molecule has 0 aliphatic carbocycles. The molecule has 0 bridgehead atoms. The fourth-order valence-corrected chi connectivity index (χ4v) is 1.42. The lowest BCUT2D eigenvalue weighted by atomic mass is 10.2. The topological polar surface area (TPSA) is 55.8 Å². The molecule has 1 fully saturated rings. The van der Waals surface area contributed by atoms with E-state index in [4.69, 9.17) is 9.47 Å². The summed E-state index contributed by atoms with van der Waals surface area (Å²) in [7, 11) is 0. The molecule has 1 aliphatic heterocycles. The first-order valence-corrected chi connectivity index (χ1v) is 5.40. The van der Waals surface area contributed by atoms with Gasteiger partial charge in [0, 0.05) is 0 Å². The van der Waals surface area contributed by atoms with Crippen LogP contribution in [0.2, 0.25) is 0 Å². The lowest BCUT2D eigenvalue weighted by molar-refractivity contribution is -0.154. The largest absolute Gasteiger partial charge is 0.443 e. The summed E-state index contributed by atoms with van der Waals surface area (Å²) in [5.41, 5.74) is -0.599. The van der Waals surface area contributed by atoms with Crippen molar-refractivity contribution in [2.45, 2.75) is 52.4 Å². The van der Waals surface area contributed by atoms with Gasteiger partial charge in [0.05, 0.1) is 12.6 Å². The van der Waals surface area contributed by atoms with E-state index in [0.29, 0.717) is 6.61 Å². The number of carbonyl (C=O) groups excluding carboxylic acids is 2. The van der Waals surface area contributed by atoms with E-state index in [1.54, 1.807) is 34.6 Å². The molecule has 5 nitrogen and oxygen atoms in total. The van der Waals surface area contributed by atoms with E-state index in [2.05, 4.69) is 0 Å². The second-order valence-electron chi connectivity index (χ2n) is 5.01. The predicted molar refractivity (Wildman–Crippen MR) is 58.0 cm³/mol. The maximum absolute atomic E-state index is 11.8. The SMILES string of the molecule is C[C@@H]1OC[C@@H](C)N(C(=O)OC(C)(C)C)C1=O. The van der Waals surface area contributed by atoms with Crippen LogP contribution in [-0.4, -0.2) is 41.3 Å². The van der Waals surface area contributed by atoms with Gasteiger partial charge in [0.2, 0.25) is 0 Å². The lowest BCUT2D eigenvalue weighted by Crippen LogP contribution is -2.55. The Labute approximate surface area is 95.7 Å². The molecule has 1 aliphatic rings. The van der Waals surface area contributed by atoms with Crippen LogP contribution in [0.5, 0.6) is 0 Å². The summed E-state index contributed by atoms with van der Waals surface area (Å²) in [6.45, 7) is 9.04.